The van der Waals surface area contributed by atoms with Crippen LogP contribution in [0, 0.1) is 23.0 Å². The highest BCUT2D eigenvalue weighted by Crippen LogP contribution is 2.31. The monoisotopic (exact) mass is 1100 g/mol. The van der Waals surface area contributed by atoms with Gasteiger partial charge in [-0.3, -0.25) is 9.80 Å². The third-order valence-corrected chi connectivity index (χ3v) is 14.7. The van der Waals surface area contributed by atoms with E-state index in [1.807, 2.05) is 39.5 Å². The lowest BCUT2D eigenvalue weighted by atomic mass is 9.93. The van der Waals surface area contributed by atoms with Gasteiger partial charge in [0.05, 0.1) is 55.7 Å². The maximum absolute atomic E-state index is 14.2. The van der Waals surface area contributed by atoms with Gasteiger partial charge >= 0.3 is 11.9 Å². The molecule has 0 amide bonds. The third kappa shape index (κ3) is 12.3. The smallest absolute Gasteiger partial charge is 0.372 e. The number of aromatic nitrogens is 10. The molecule has 0 radical (unpaired) electrons. The van der Waals surface area contributed by atoms with Crippen molar-refractivity contribution in [1.82, 2.24) is 58.8 Å². The Bertz CT molecular complexity index is 3610. The van der Waals surface area contributed by atoms with Crippen LogP contribution in [0.25, 0.3) is 28.2 Å². The van der Waals surface area contributed by atoms with Crippen molar-refractivity contribution in [3.05, 3.63) is 147 Å². The molecule has 0 unspecified atom stereocenters. The number of benzene rings is 2. The number of carbonyl (C=O) groups is 2. The SMILES string of the molecule is N#Cc1ccc(COc2cccc(C3CCN(Cc4nc5[nH]c(C(=O)O)nc5n4C[C@@H]4CCO4)CC3)n2)c(F)c1.O=C(O)c1nc2c(nc(CN3CC=C(c4cccc(OCc5ccc(Cl)cc5F)n4)CC3)n2C[C@@H]2CCO2)[nH]1. The zero-order chi connectivity index (χ0) is 54.6. The minimum Gasteiger partial charge on any atom is -0.475 e. The Hall–Kier alpha value is -8.14. The normalized spacial score (nSPS) is 17.8. The fourth-order valence-corrected chi connectivity index (χ4v) is 10.1. The van der Waals surface area contributed by atoms with Crippen molar-refractivity contribution in [1.29, 1.82) is 5.26 Å². The maximum Gasteiger partial charge on any atom is 0.372 e. The van der Waals surface area contributed by atoms with E-state index < -0.39 is 23.6 Å². The fourth-order valence-electron chi connectivity index (χ4n) is 9.92. The molecule has 0 bridgehead atoms. The number of imidazole rings is 4. The van der Waals surface area contributed by atoms with Crippen molar-refractivity contribution < 1.29 is 47.5 Å². The molecular weight excluding hydrogens is 1040 g/mol. The van der Waals surface area contributed by atoms with E-state index in [1.165, 1.54) is 12.1 Å². The highest BCUT2D eigenvalue weighted by molar-refractivity contribution is 6.30. The number of nitriles is 1. The van der Waals surface area contributed by atoms with E-state index in [9.17, 15) is 28.6 Å². The molecule has 3 fully saturated rings. The van der Waals surface area contributed by atoms with E-state index in [1.54, 1.807) is 36.4 Å². The summed E-state index contributed by atoms with van der Waals surface area (Å²) in [6, 6.07) is 22.0. The molecule has 8 aromatic rings. The Balaban J connectivity index is 0.000000167. The lowest BCUT2D eigenvalue weighted by Crippen LogP contribution is -2.35. The Morgan fingerprint density at radius 2 is 1.28 bits per heavy atom. The summed E-state index contributed by atoms with van der Waals surface area (Å²) in [5, 5.41) is 27.9. The second-order valence-electron chi connectivity index (χ2n) is 19.7. The predicted molar refractivity (Wildman–Crippen MR) is 281 cm³/mol. The lowest BCUT2D eigenvalue weighted by Gasteiger charge is -2.32. The minimum atomic E-state index is -1.12. The molecule has 4 aliphatic rings. The first-order chi connectivity index (χ1) is 38.4. The Morgan fingerprint density at radius 1 is 0.709 bits per heavy atom. The molecule has 408 valence electrons. The first-order valence-corrected chi connectivity index (χ1v) is 26.3. The highest BCUT2D eigenvalue weighted by Gasteiger charge is 2.29. The van der Waals surface area contributed by atoms with Crippen molar-refractivity contribution in [2.24, 2.45) is 0 Å². The van der Waals surface area contributed by atoms with E-state index in [-0.39, 0.29) is 48.6 Å². The highest BCUT2D eigenvalue weighted by atomic mass is 35.5. The summed E-state index contributed by atoms with van der Waals surface area (Å²) < 4.78 is 55.0. The van der Waals surface area contributed by atoms with Gasteiger partial charge < -0.3 is 48.3 Å². The van der Waals surface area contributed by atoms with Crippen LogP contribution in [-0.4, -0.2) is 133 Å². The van der Waals surface area contributed by atoms with Crippen molar-refractivity contribution in [2.45, 2.75) is 89.6 Å². The molecule has 21 nitrogen and oxygen atoms in total. The third-order valence-electron chi connectivity index (χ3n) is 14.5. The summed E-state index contributed by atoms with van der Waals surface area (Å²) in [5.74, 6) is -0.571. The van der Waals surface area contributed by atoms with E-state index in [4.69, 9.17) is 35.8 Å². The van der Waals surface area contributed by atoms with Crippen LogP contribution in [0.3, 0.4) is 0 Å². The summed E-state index contributed by atoms with van der Waals surface area (Å²) >= 11 is 5.83. The number of fused-ring (bicyclic) bond motifs is 2. The molecule has 2 atom stereocenters. The van der Waals surface area contributed by atoms with Crippen LogP contribution < -0.4 is 9.47 Å². The van der Waals surface area contributed by atoms with E-state index in [0.29, 0.717) is 83.2 Å². The molecule has 10 heterocycles. The van der Waals surface area contributed by atoms with Crippen molar-refractivity contribution >= 4 is 51.7 Å². The first-order valence-electron chi connectivity index (χ1n) is 26.0. The zero-order valence-electron chi connectivity index (χ0n) is 42.7. The molecule has 4 aliphatic heterocycles. The number of aromatic carboxylic acids is 2. The Kier molecular flexibility index (Phi) is 15.7. The molecule has 24 heteroatoms. The van der Waals surface area contributed by atoms with Crippen LogP contribution in [0.15, 0.2) is 78.9 Å². The first kappa shape index (κ1) is 52.9. The number of halogens is 3. The van der Waals surface area contributed by atoms with Crippen LogP contribution in [0.5, 0.6) is 11.8 Å². The van der Waals surface area contributed by atoms with E-state index in [2.05, 4.69) is 55.7 Å². The molecule has 79 heavy (non-hydrogen) atoms. The number of ether oxygens (including phenoxy) is 4. The lowest BCUT2D eigenvalue weighted by molar-refractivity contribution is -0.0593. The van der Waals surface area contributed by atoms with Crippen LogP contribution in [0.2, 0.25) is 5.02 Å². The van der Waals surface area contributed by atoms with Crippen LogP contribution >= 0.6 is 11.6 Å². The molecule has 4 N–H and O–H groups in total. The quantitative estimate of drug-likeness (QED) is 0.0636. The van der Waals surface area contributed by atoms with Gasteiger partial charge in [-0.05, 0) is 87.2 Å². The molecular formula is C55H54ClF2N13O8. The summed E-state index contributed by atoms with van der Waals surface area (Å²) in [6.45, 7) is 7.14. The summed E-state index contributed by atoms with van der Waals surface area (Å²) in [4.78, 5) is 60.1. The molecule has 2 aromatic carbocycles. The van der Waals surface area contributed by atoms with Gasteiger partial charge in [-0.1, -0.05) is 41.9 Å². The number of carboxylic acid groups (broad SMARTS) is 2. The average Bonchev–Trinajstić information content (AvgIpc) is 4.27. The number of aromatic amines is 2. The second kappa shape index (κ2) is 23.4. The fraction of sp³-hybridized carbons (Fsp3) is 0.364. The summed E-state index contributed by atoms with van der Waals surface area (Å²) in [6.07, 6.45) is 6.82. The van der Waals surface area contributed by atoms with Crippen LogP contribution in [-0.2, 0) is 48.9 Å². The number of carboxylic acids is 2. The van der Waals surface area contributed by atoms with Gasteiger partial charge in [-0.15, -0.1) is 0 Å². The number of hydrogen-bond donors (Lipinski definition) is 4. The predicted octanol–water partition coefficient (Wildman–Crippen LogP) is 7.91. The van der Waals surface area contributed by atoms with Crippen molar-refractivity contribution in [2.75, 3.05) is 39.4 Å². The molecule has 0 aliphatic carbocycles. The zero-order valence-corrected chi connectivity index (χ0v) is 43.4. The average molecular weight is 1100 g/mol. The number of H-pyrrole nitrogens is 2. The molecule has 6 aromatic heterocycles. The summed E-state index contributed by atoms with van der Waals surface area (Å²) in [7, 11) is 0. The number of piperidine rings is 1. The Labute approximate surface area is 455 Å². The minimum absolute atomic E-state index is 0.0296. The van der Waals surface area contributed by atoms with Gasteiger partial charge in [0.15, 0.2) is 22.6 Å². The van der Waals surface area contributed by atoms with Crippen molar-refractivity contribution in [3.8, 4) is 17.8 Å². The van der Waals surface area contributed by atoms with Crippen LogP contribution in [0.4, 0.5) is 8.78 Å². The second-order valence-corrected chi connectivity index (χ2v) is 20.2. The van der Waals surface area contributed by atoms with E-state index >= 15 is 0 Å². The molecule has 12 rings (SSSR count). The number of nitrogens with one attached hydrogen (secondary N) is 2. The van der Waals surface area contributed by atoms with Gasteiger partial charge in [-0.25, -0.2) is 48.3 Å². The number of nitrogens with zero attached hydrogens (tertiary/aromatic N) is 11. The van der Waals surface area contributed by atoms with Gasteiger partial charge in [-0.2, -0.15) is 5.26 Å². The number of hydrogen-bond acceptors (Lipinski definition) is 15. The molecule has 3 saturated heterocycles. The number of pyridine rings is 2. The molecule has 0 saturated carbocycles. The largest absolute Gasteiger partial charge is 0.475 e. The van der Waals surface area contributed by atoms with Gasteiger partial charge in [0.2, 0.25) is 23.4 Å². The number of likely N-dealkylation sites (tertiary alicyclic amines) is 1. The van der Waals surface area contributed by atoms with Crippen molar-refractivity contribution in [3.63, 3.8) is 0 Å². The van der Waals surface area contributed by atoms with Gasteiger partial charge in [0.25, 0.3) is 0 Å². The van der Waals surface area contributed by atoms with Crippen LogP contribution in [0.1, 0.15) is 99.0 Å². The standard InChI is InChI=1S/C28H28FN7O4.C27H26ClFN6O4/c29-21-12-17(13-30)4-5-19(21)16-40-24-3-1-2-22(31-24)18-6-9-35(10-7-18)15-23-32-25-27(34-26(33-25)28(37)38)36(23)14-20-8-11-39-20;28-18-5-4-17(20(29)12-18)15-39-23-3-1-2-21(30-23)16-6-9-34(10-7-16)14-22-31-24-26(33-25(32-24)27(36)37)35(22)13-19-8-11-38-19/h1-5,12,18,20H,6-11,14-16H2,(H,33,34)(H,37,38);1-6,12,19H,7-11,13-15H2,(H,32,33)(H,36,37)/t20-;19-/m00/s1. The topological polar surface area (TPSA) is 261 Å². The summed E-state index contributed by atoms with van der Waals surface area (Å²) in [5.41, 5.74) is 5.94. The van der Waals surface area contributed by atoms with Gasteiger partial charge in [0.1, 0.15) is 36.5 Å². The number of rotatable bonds is 18. The Morgan fingerprint density at radius 3 is 1.81 bits per heavy atom. The molecule has 0 spiro atoms. The van der Waals surface area contributed by atoms with E-state index in [0.717, 1.165) is 93.6 Å². The maximum atomic E-state index is 14.2. The van der Waals surface area contributed by atoms with Gasteiger partial charge in [0, 0.05) is 66.2 Å².